The largest absolute Gasteiger partial charge is 0.481 e. The minimum Gasteiger partial charge on any atom is -0.481 e. The van der Waals surface area contributed by atoms with E-state index in [0.29, 0.717) is 16.7 Å². The molecule has 2 heterocycles. The number of hydrogen-bond donors (Lipinski definition) is 2. The molecule has 0 saturated carbocycles. The van der Waals surface area contributed by atoms with Crippen LogP contribution in [0.2, 0.25) is 0 Å². The number of thiazole rings is 1. The molecule has 0 atom stereocenters. The number of hydrogen-bond acceptors (Lipinski definition) is 7. The van der Waals surface area contributed by atoms with E-state index < -0.39 is 5.91 Å². The maximum atomic E-state index is 12.0. The molecule has 0 fully saturated rings. The lowest BCUT2D eigenvalue weighted by Crippen LogP contribution is -2.20. The average molecular weight is 307 g/mol. The fraction of sp³-hybridized carbons (Fsp3) is 0.250. The van der Waals surface area contributed by atoms with Crippen molar-refractivity contribution in [1.82, 2.24) is 20.3 Å². The van der Waals surface area contributed by atoms with Crippen LogP contribution in [0.25, 0.3) is 0 Å². The number of aromatic nitrogens is 3. The predicted octanol–water partition coefficient (Wildman–Crippen LogP) is 0.482. The van der Waals surface area contributed by atoms with Crippen LogP contribution in [0.3, 0.4) is 0 Å². The Morgan fingerprint density at radius 1 is 1.38 bits per heavy atom. The molecule has 0 radical (unpaired) electrons. The van der Waals surface area contributed by atoms with Crippen LogP contribution >= 0.6 is 11.3 Å². The Labute approximate surface area is 124 Å². The minimum absolute atomic E-state index is 0.140. The Morgan fingerprint density at radius 3 is 2.90 bits per heavy atom. The molecule has 0 aliphatic carbocycles. The van der Waals surface area contributed by atoms with Gasteiger partial charge in [-0.05, 0) is 0 Å². The SMILES string of the molecule is CNC(=O)Cc1csc(NC(=O)c2cc(OC)ncn2)n1. The average Bonchev–Trinajstić information content (AvgIpc) is 2.94. The zero-order chi connectivity index (χ0) is 15.2. The highest BCUT2D eigenvalue weighted by atomic mass is 32.1. The monoisotopic (exact) mass is 307 g/mol. The number of rotatable bonds is 5. The van der Waals surface area contributed by atoms with Gasteiger partial charge in [0.1, 0.15) is 12.0 Å². The first kappa shape index (κ1) is 14.9. The molecule has 9 heteroatoms. The minimum atomic E-state index is -0.420. The van der Waals surface area contributed by atoms with Crippen molar-refractivity contribution in [3.05, 3.63) is 29.2 Å². The van der Waals surface area contributed by atoms with E-state index in [4.69, 9.17) is 4.74 Å². The van der Waals surface area contributed by atoms with Gasteiger partial charge >= 0.3 is 0 Å². The number of carbonyl (C=O) groups is 2. The van der Waals surface area contributed by atoms with E-state index in [1.165, 1.54) is 30.8 Å². The summed E-state index contributed by atoms with van der Waals surface area (Å²) in [6, 6.07) is 1.42. The molecule has 0 spiro atoms. The highest BCUT2D eigenvalue weighted by Gasteiger charge is 2.12. The molecule has 0 aromatic carbocycles. The summed E-state index contributed by atoms with van der Waals surface area (Å²) in [5.74, 6) is -0.259. The molecule has 2 aromatic heterocycles. The molecule has 0 unspecified atom stereocenters. The summed E-state index contributed by atoms with van der Waals surface area (Å²) in [5.41, 5.74) is 0.764. The zero-order valence-electron chi connectivity index (χ0n) is 11.4. The number of methoxy groups -OCH3 is 1. The van der Waals surface area contributed by atoms with Crippen molar-refractivity contribution in [1.29, 1.82) is 0 Å². The summed E-state index contributed by atoms with van der Waals surface area (Å²) in [6.07, 6.45) is 1.41. The van der Waals surface area contributed by atoms with E-state index in [-0.39, 0.29) is 18.0 Å². The standard InChI is InChI=1S/C12H13N5O3S/c1-13-9(18)3-7-5-21-12(16-7)17-11(19)8-4-10(20-2)15-6-14-8/h4-6H,3H2,1-2H3,(H,13,18)(H,16,17,19). The quantitative estimate of drug-likeness (QED) is 0.832. The zero-order valence-corrected chi connectivity index (χ0v) is 12.2. The third-order valence-corrected chi connectivity index (χ3v) is 3.28. The molecule has 8 nitrogen and oxygen atoms in total. The van der Waals surface area contributed by atoms with Crippen LogP contribution in [0.1, 0.15) is 16.2 Å². The third-order valence-electron chi connectivity index (χ3n) is 2.48. The molecule has 0 aliphatic heterocycles. The number of nitrogens with one attached hydrogen (secondary N) is 2. The van der Waals surface area contributed by atoms with Gasteiger partial charge in [-0.15, -0.1) is 11.3 Å². The van der Waals surface area contributed by atoms with Gasteiger partial charge in [-0.25, -0.2) is 15.0 Å². The van der Waals surface area contributed by atoms with Crippen LogP contribution in [-0.2, 0) is 11.2 Å². The second kappa shape index (κ2) is 6.75. The molecule has 0 aliphatic rings. The molecular weight excluding hydrogens is 294 g/mol. The van der Waals surface area contributed by atoms with Crippen LogP contribution in [0, 0.1) is 0 Å². The van der Waals surface area contributed by atoms with Gasteiger partial charge in [0.05, 0.1) is 19.2 Å². The predicted molar refractivity (Wildman–Crippen MR) is 76.4 cm³/mol. The fourth-order valence-electron chi connectivity index (χ4n) is 1.43. The van der Waals surface area contributed by atoms with Crippen LogP contribution in [0.4, 0.5) is 5.13 Å². The molecule has 0 saturated heterocycles. The van der Waals surface area contributed by atoms with E-state index in [9.17, 15) is 9.59 Å². The number of ether oxygens (including phenoxy) is 1. The second-order valence-electron chi connectivity index (χ2n) is 3.89. The lowest BCUT2D eigenvalue weighted by Gasteiger charge is -2.02. The Kier molecular flexibility index (Phi) is 4.77. The van der Waals surface area contributed by atoms with Gasteiger partial charge < -0.3 is 10.1 Å². The summed E-state index contributed by atoms with van der Waals surface area (Å²) in [6.45, 7) is 0. The maximum absolute atomic E-state index is 12.0. The summed E-state index contributed by atoms with van der Waals surface area (Å²) >= 11 is 1.24. The Balaban J connectivity index is 2.04. The van der Waals surface area contributed by atoms with Crippen LogP contribution < -0.4 is 15.4 Å². The van der Waals surface area contributed by atoms with E-state index in [1.807, 2.05) is 0 Å². The molecule has 2 amide bonds. The molecule has 110 valence electrons. The molecule has 0 bridgehead atoms. The molecule has 21 heavy (non-hydrogen) atoms. The van der Waals surface area contributed by atoms with E-state index in [0.717, 1.165) is 0 Å². The number of carbonyl (C=O) groups excluding carboxylic acids is 2. The Morgan fingerprint density at radius 2 is 2.19 bits per heavy atom. The summed E-state index contributed by atoms with van der Waals surface area (Å²) < 4.78 is 4.93. The van der Waals surface area contributed by atoms with Gasteiger partial charge in [-0.3, -0.25) is 14.9 Å². The fourth-order valence-corrected chi connectivity index (χ4v) is 2.14. The topological polar surface area (TPSA) is 106 Å². The first-order valence-corrected chi connectivity index (χ1v) is 6.82. The molecular formula is C12H13N5O3S. The van der Waals surface area contributed by atoms with Gasteiger partial charge in [0.25, 0.3) is 5.91 Å². The number of nitrogens with zero attached hydrogens (tertiary/aromatic N) is 3. The maximum Gasteiger partial charge on any atom is 0.276 e. The van der Waals surface area contributed by atoms with Crippen molar-refractivity contribution >= 4 is 28.3 Å². The molecule has 2 aromatic rings. The lowest BCUT2D eigenvalue weighted by molar-refractivity contribution is -0.120. The molecule has 2 rings (SSSR count). The summed E-state index contributed by atoms with van der Waals surface area (Å²) in [4.78, 5) is 35.1. The van der Waals surface area contributed by atoms with Gasteiger partial charge in [0.15, 0.2) is 5.13 Å². The highest BCUT2D eigenvalue weighted by molar-refractivity contribution is 7.14. The highest BCUT2D eigenvalue weighted by Crippen LogP contribution is 2.17. The smallest absolute Gasteiger partial charge is 0.276 e. The summed E-state index contributed by atoms with van der Waals surface area (Å²) in [5, 5.41) is 7.23. The Bertz CT molecular complexity index is 658. The van der Waals surface area contributed by atoms with Crippen molar-refractivity contribution in [2.45, 2.75) is 6.42 Å². The van der Waals surface area contributed by atoms with Gasteiger partial charge in [-0.1, -0.05) is 0 Å². The van der Waals surface area contributed by atoms with Crippen LogP contribution in [0.15, 0.2) is 17.8 Å². The van der Waals surface area contributed by atoms with E-state index in [1.54, 1.807) is 12.4 Å². The van der Waals surface area contributed by atoms with Crippen LogP contribution in [0.5, 0.6) is 5.88 Å². The number of amides is 2. The first-order valence-electron chi connectivity index (χ1n) is 5.94. The van der Waals surface area contributed by atoms with E-state index >= 15 is 0 Å². The van der Waals surface area contributed by atoms with Crippen molar-refractivity contribution in [2.24, 2.45) is 0 Å². The third kappa shape index (κ3) is 3.96. The lowest BCUT2D eigenvalue weighted by atomic mass is 10.3. The normalized spacial score (nSPS) is 10.0. The van der Waals surface area contributed by atoms with Gasteiger partial charge in [0.2, 0.25) is 11.8 Å². The molecule has 2 N–H and O–H groups in total. The Hall–Kier alpha value is -2.55. The number of anilines is 1. The van der Waals surface area contributed by atoms with Crippen molar-refractivity contribution in [2.75, 3.05) is 19.5 Å². The number of likely N-dealkylation sites (N-methyl/N-ethyl adjacent to an activating group) is 1. The van der Waals surface area contributed by atoms with Gasteiger partial charge in [0, 0.05) is 18.5 Å². The first-order chi connectivity index (χ1) is 10.1. The van der Waals surface area contributed by atoms with Crippen molar-refractivity contribution in [3.8, 4) is 5.88 Å². The van der Waals surface area contributed by atoms with Crippen LogP contribution in [-0.4, -0.2) is 40.9 Å². The van der Waals surface area contributed by atoms with Crippen molar-refractivity contribution in [3.63, 3.8) is 0 Å². The second-order valence-corrected chi connectivity index (χ2v) is 4.75. The van der Waals surface area contributed by atoms with Gasteiger partial charge in [-0.2, -0.15) is 0 Å². The van der Waals surface area contributed by atoms with Crippen molar-refractivity contribution < 1.29 is 14.3 Å². The summed E-state index contributed by atoms with van der Waals surface area (Å²) in [7, 11) is 3.01. The van der Waals surface area contributed by atoms with E-state index in [2.05, 4.69) is 25.6 Å².